The lowest BCUT2D eigenvalue weighted by atomic mass is 10.0. The third-order valence-electron chi connectivity index (χ3n) is 3.72. The first-order chi connectivity index (χ1) is 11.8. The molecule has 2 aromatic carbocycles. The van der Waals surface area contributed by atoms with Crippen molar-refractivity contribution in [2.24, 2.45) is 0 Å². The van der Waals surface area contributed by atoms with E-state index >= 15 is 0 Å². The van der Waals surface area contributed by atoms with E-state index in [2.05, 4.69) is 22.4 Å². The minimum absolute atomic E-state index is 0.159. The summed E-state index contributed by atoms with van der Waals surface area (Å²) in [5, 5.41) is 2.91. The van der Waals surface area contributed by atoms with Gasteiger partial charge in [0, 0.05) is 35.6 Å². The Kier molecular flexibility index (Phi) is 4.87. The van der Waals surface area contributed by atoms with Crippen molar-refractivity contribution in [1.82, 2.24) is 4.98 Å². The number of nitrogens with one attached hydrogen (secondary N) is 1. The van der Waals surface area contributed by atoms with Crippen LogP contribution in [0.5, 0.6) is 5.75 Å². The Hall–Kier alpha value is -3.14. The molecule has 0 radical (unpaired) electrons. The normalized spacial score (nSPS) is 10.2. The Labute approximate surface area is 141 Å². The molecule has 0 aliphatic carbocycles. The van der Waals surface area contributed by atoms with Crippen LogP contribution in [0.3, 0.4) is 0 Å². The summed E-state index contributed by atoms with van der Waals surface area (Å²) in [5.41, 5.74) is 3.53. The lowest BCUT2D eigenvalue weighted by Crippen LogP contribution is -2.12. The number of carbonyl (C=O) groups is 1. The predicted molar refractivity (Wildman–Crippen MR) is 94.4 cm³/mol. The average Bonchev–Trinajstić information content (AvgIpc) is 2.63. The second kappa shape index (κ2) is 7.42. The van der Waals surface area contributed by atoms with Crippen LogP contribution in [0.4, 0.5) is 5.69 Å². The number of hydrogen-bond donors (Lipinski definition) is 1. The predicted octanol–water partition coefficient (Wildman–Crippen LogP) is 3.93. The number of benzene rings is 2. The van der Waals surface area contributed by atoms with Gasteiger partial charge in [0.2, 0.25) is 0 Å². The highest BCUT2D eigenvalue weighted by molar-refractivity contribution is 6.04. The van der Waals surface area contributed by atoms with Gasteiger partial charge in [-0.25, -0.2) is 0 Å². The molecular weight excluding hydrogens is 300 g/mol. The average molecular weight is 318 g/mol. The van der Waals surface area contributed by atoms with Gasteiger partial charge < -0.3 is 10.1 Å². The van der Waals surface area contributed by atoms with Crippen molar-refractivity contribution in [2.45, 2.75) is 6.42 Å². The van der Waals surface area contributed by atoms with Crippen LogP contribution in [-0.4, -0.2) is 18.0 Å². The molecule has 1 amide bonds. The summed E-state index contributed by atoms with van der Waals surface area (Å²) in [5.74, 6) is 0.647. The van der Waals surface area contributed by atoms with Crippen molar-refractivity contribution in [2.75, 3.05) is 12.4 Å². The second-order valence-corrected chi connectivity index (χ2v) is 5.38. The van der Waals surface area contributed by atoms with Gasteiger partial charge in [0.1, 0.15) is 5.75 Å². The summed E-state index contributed by atoms with van der Waals surface area (Å²) in [6, 6.07) is 19.2. The van der Waals surface area contributed by atoms with Crippen LogP contribution in [0.1, 0.15) is 21.5 Å². The van der Waals surface area contributed by atoms with Crippen LogP contribution in [0, 0.1) is 0 Å². The van der Waals surface area contributed by atoms with Crippen molar-refractivity contribution < 1.29 is 9.53 Å². The first-order valence-electron chi connectivity index (χ1n) is 7.68. The molecule has 0 atom stereocenters. The van der Waals surface area contributed by atoms with Crippen LogP contribution in [-0.2, 0) is 6.42 Å². The summed E-state index contributed by atoms with van der Waals surface area (Å²) in [4.78, 5) is 16.2. The van der Waals surface area contributed by atoms with E-state index in [4.69, 9.17) is 4.74 Å². The quantitative estimate of drug-likeness (QED) is 0.775. The number of carbonyl (C=O) groups excluding carboxylic acids is 1. The van der Waals surface area contributed by atoms with Crippen molar-refractivity contribution in [3.05, 3.63) is 89.7 Å². The van der Waals surface area contributed by atoms with E-state index in [0.717, 1.165) is 23.4 Å². The molecule has 1 N–H and O–H groups in total. The molecule has 0 spiro atoms. The minimum Gasteiger partial charge on any atom is -0.496 e. The van der Waals surface area contributed by atoms with E-state index in [1.54, 1.807) is 31.6 Å². The van der Waals surface area contributed by atoms with Gasteiger partial charge >= 0.3 is 0 Å². The minimum atomic E-state index is -0.159. The summed E-state index contributed by atoms with van der Waals surface area (Å²) in [6.45, 7) is 0. The first kappa shape index (κ1) is 15.7. The number of methoxy groups -OCH3 is 1. The van der Waals surface area contributed by atoms with Crippen molar-refractivity contribution in [3.63, 3.8) is 0 Å². The maximum atomic E-state index is 12.3. The van der Waals surface area contributed by atoms with Gasteiger partial charge in [0.25, 0.3) is 5.91 Å². The van der Waals surface area contributed by atoms with E-state index in [1.807, 2.05) is 36.4 Å². The van der Waals surface area contributed by atoms with Crippen molar-refractivity contribution in [3.8, 4) is 5.75 Å². The zero-order chi connectivity index (χ0) is 16.8. The van der Waals surface area contributed by atoms with Crippen molar-refractivity contribution >= 4 is 11.6 Å². The number of amides is 1. The fraction of sp³-hybridized carbons (Fsp3) is 0.100. The number of aromatic nitrogens is 1. The van der Waals surface area contributed by atoms with E-state index in [1.165, 1.54) is 5.56 Å². The summed E-state index contributed by atoms with van der Waals surface area (Å²) >= 11 is 0. The third kappa shape index (κ3) is 3.79. The zero-order valence-electron chi connectivity index (χ0n) is 13.4. The number of rotatable bonds is 5. The highest BCUT2D eigenvalue weighted by Gasteiger charge is 2.09. The van der Waals surface area contributed by atoms with Gasteiger partial charge in [0.05, 0.1) is 7.11 Å². The van der Waals surface area contributed by atoms with E-state index in [-0.39, 0.29) is 5.91 Å². The van der Waals surface area contributed by atoms with Crippen LogP contribution < -0.4 is 10.1 Å². The summed E-state index contributed by atoms with van der Waals surface area (Å²) in [7, 11) is 1.65. The number of hydrogen-bond acceptors (Lipinski definition) is 3. The highest BCUT2D eigenvalue weighted by Crippen LogP contribution is 2.25. The summed E-state index contributed by atoms with van der Waals surface area (Å²) in [6.07, 6.45) is 3.94. The monoisotopic (exact) mass is 318 g/mol. The van der Waals surface area contributed by atoms with Crippen LogP contribution in [0.2, 0.25) is 0 Å². The Morgan fingerprint density at radius 2 is 1.79 bits per heavy atom. The smallest absolute Gasteiger partial charge is 0.255 e. The zero-order valence-corrected chi connectivity index (χ0v) is 13.4. The Balaban J connectivity index is 1.82. The van der Waals surface area contributed by atoms with E-state index in [0.29, 0.717) is 5.56 Å². The van der Waals surface area contributed by atoms with E-state index in [9.17, 15) is 4.79 Å². The molecule has 24 heavy (non-hydrogen) atoms. The van der Waals surface area contributed by atoms with Gasteiger partial charge in [0.15, 0.2) is 0 Å². The Bertz CT molecular complexity index is 818. The van der Waals surface area contributed by atoms with E-state index < -0.39 is 0 Å². The molecular formula is C20H18N2O2. The molecule has 0 bridgehead atoms. The first-order valence-corrected chi connectivity index (χ1v) is 7.68. The maximum Gasteiger partial charge on any atom is 0.255 e. The Morgan fingerprint density at radius 1 is 1.04 bits per heavy atom. The molecule has 0 fully saturated rings. The SMILES string of the molecule is COc1ccc(NC(=O)c2ccncc2)cc1Cc1ccccc1. The molecule has 1 heterocycles. The van der Waals surface area contributed by atoms with Crippen molar-refractivity contribution in [1.29, 1.82) is 0 Å². The van der Waals surface area contributed by atoms with Crippen LogP contribution in [0.25, 0.3) is 0 Å². The van der Waals surface area contributed by atoms with Gasteiger partial charge in [-0.3, -0.25) is 9.78 Å². The molecule has 120 valence electrons. The summed E-state index contributed by atoms with van der Waals surface area (Å²) < 4.78 is 5.44. The molecule has 4 heteroatoms. The maximum absolute atomic E-state index is 12.3. The topological polar surface area (TPSA) is 51.2 Å². The number of ether oxygens (including phenoxy) is 1. The fourth-order valence-corrected chi connectivity index (χ4v) is 2.52. The van der Waals surface area contributed by atoms with Crippen LogP contribution >= 0.6 is 0 Å². The molecule has 0 unspecified atom stereocenters. The number of pyridine rings is 1. The standard InChI is InChI=1S/C20H18N2O2/c1-24-19-8-7-18(22-20(23)16-9-11-21-12-10-16)14-17(19)13-15-5-3-2-4-6-15/h2-12,14H,13H2,1H3,(H,22,23). The highest BCUT2D eigenvalue weighted by atomic mass is 16.5. The lowest BCUT2D eigenvalue weighted by Gasteiger charge is -2.12. The van der Waals surface area contributed by atoms with Gasteiger partial charge in [-0.1, -0.05) is 30.3 Å². The number of nitrogens with zero attached hydrogens (tertiary/aromatic N) is 1. The molecule has 4 nitrogen and oxygen atoms in total. The molecule has 3 rings (SSSR count). The van der Waals surface area contributed by atoms with Crippen LogP contribution in [0.15, 0.2) is 73.1 Å². The number of anilines is 1. The van der Waals surface area contributed by atoms with Gasteiger partial charge in [-0.15, -0.1) is 0 Å². The fourth-order valence-electron chi connectivity index (χ4n) is 2.52. The molecule has 0 aliphatic rings. The van der Waals surface area contributed by atoms with Gasteiger partial charge in [-0.2, -0.15) is 0 Å². The second-order valence-electron chi connectivity index (χ2n) is 5.38. The Morgan fingerprint density at radius 3 is 2.50 bits per heavy atom. The molecule has 0 saturated heterocycles. The molecule has 0 aliphatic heterocycles. The third-order valence-corrected chi connectivity index (χ3v) is 3.72. The van der Waals surface area contributed by atoms with Gasteiger partial charge in [-0.05, 0) is 35.9 Å². The molecule has 0 saturated carbocycles. The lowest BCUT2D eigenvalue weighted by molar-refractivity contribution is 0.102. The molecule has 3 aromatic rings. The largest absolute Gasteiger partial charge is 0.496 e. The molecule has 1 aromatic heterocycles.